The summed E-state index contributed by atoms with van der Waals surface area (Å²) in [6, 6.07) is 0. The molecule has 0 rings (SSSR count). The molecule has 7 nitrogen and oxygen atoms in total. The van der Waals surface area contributed by atoms with Gasteiger partial charge in [0.1, 0.15) is 11.2 Å². The van der Waals surface area contributed by atoms with Crippen molar-refractivity contribution in [3.63, 3.8) is 0 Å². The largest absolute Gasteiger partial charge is 0.459 e. The van der Waals surface area contributed by atoms with Crippen LogP contribution in [0.25, 0.3) is 0 Å². The molecule has 30 heavy (non-hydrogen) atoms. The molecule has 1 N–H and O–H groups in total. The van der Waals surface area contributed by atoms with Crippen molar-refractivity contribution in [3.05, 3.63) is 0 Å². The molecule has 0 saturated heterocycles. The molecule has 0 saturated carbocycles. The molecule has 0 spiro atoms. The van der Waals surface area contributed by atoms with Crippen LogP contribution in [0.5, 0.6) is 0 Å². The first-order valence-corrected chi connectivity index (χ1v) is 12.9. The second kappa shape index (κ2) is 13.3. The summed E-state index contributed by atoms with van der Waals surface area (Å²) in [5, 5.41) is -1.98. The fourth-order valence-corrected chi connectivity index (χ4v) is 4.26. The summed E-state index contributed by atoms with van der Waals surface area (Å²) in [6.07, 6.45) is 6.23. The lowest BCUT2D eigenvalue weighted by molar-refractivity contribution is -0.168. The zero-order valence-corrected chi connectivity index (χ0v) is 20.5. The minimum Gasteiger partial charge on any atom is -0.459 e. The first-order valence-electron chi connectivity index (χ1n) is 11.4. The zero-order valence-electron chi connectivity index (χ0n) is 19.7. The molecule has 0 aliphatic carbocycles. The van der Waals surface area contributed by atoms with Gasteiger partial charge in [0.25, 0.3) is 10.1 Å². The lowest BCUT2D eigenvalue weighted by Crippen LogP contribution is -2.43. The van der Waals surface area contributed by atoms with E-state index in [4.69, 9.17) is 9.47 Å². The Labute approximate surface area is 183 Å². The van der Waals surface area contributed by atoms with E-state index in [-0.39, 0.29) is 0 Å². The number of rotatable bonds is 16. The van der Waals surface area contributed by atoms with Crippen LogP contribution in [-0.2, 0) is 29.2 Å². The van der Waals surface area contributed by atoms with Gasteiger partial charge in [-0.2, -0.15) is 8.42 Å². The maximum Gasteiger partial charge on any atom is 0.328 e. The minimum absolute atomic E-state index is 0.518. The van der Waals surface area contributed by atoms with Crippen molar-refractivity contribution in [2.45, 2.75) is 129 Å². The van der Waals surface area contributed by atoms with Crippen LogP contribution >= 0.6 is 0 Å². The highest BCUT2D eigenvalue weighted by Crippen LogP contribution is 2.30. The molecule has 8 heteroatoms. The van der Waals surface area contributed by atoms with Gasteiger partial charge in [-0.1, -0.05) is 54.4 Å². The van der Waals surface area contributed by atoms with E-state index >= 15 is 0 Å². The number of esters is 2. The Bertz CT molecular complexity index is 619. The van der Waals surface area contributed by atoms with E-state index in [1.54, 1.807) is 0 Å². The molecular weight excluding hydrogens is 408 g/mol. The summed E-state index contributed by atoms with van der Waals surface area (Å²) in [7, 11) is -4.83. The van der Waals surface area contributed by atoms with Gasteiger partial charge in [-0.3, -0.25) is 14.1 Å². The molecule has 0 heterocycles. The van der Waals surface area contributed by atoms with E-state index in [2.05, 4.69) is 0 Å². The van der Waals surface area contributed by atoms with E-state index in [1.165, 1.54) is 0 Å². The maximum atomic E-state index is 12.7. The van der Waals surface area contributed by atoms with Crippen molar-refractivity contribution in [3.8, 4) is 0 Å². The van der Waals surface area contributed by atoms with Gasteiger partial charge in [-0.15, -0.1) is 0 Å². The van der Waals surface area contributed by atoms with Crippen molar-refractivity contribution in [2.75, 3.05) is 0 Å². The molecule has 0 radical (unpaired) electrons. The van der Waals surface area contributed by atoms with Crippen molar-refractivity contribution >= 4 is 22.1 Å². The van der Waals surface area contributed by atoms with Crippen molar-refractivity contribution < 1.29 is 32.0 Å². The lowest BCUT2D eigenvalue weighted by Gasteiger charge is -2.34. The molecule has 0 aliphatic rings. The molecule has 0 aliphatic heterocycles. The number of ether oxygens (including phenoxy) is 2. The summed E-state index contributed by atoms with van der Waals surface area (Å²) in [5.74, 6) is -1.91. The standard InChI is InChI=1S/C22H42O7S/c1-7-13-15-21(9-3,10-4)28-19(23)17-18(30(25,26)27)20(24)29-22(11-5,12-6)16-14-8-2/h18H,7-17H2,1-6H3,(H,25,26,27). The van der Waals surface area contributed by atoms with Gasteiger partial charge in [0.05, 0.1) is 6.42 Å². The highest BCUT2D eigenvalue weighted by atomic mass is 32.2. The first-order chi connectivity index (χ1) is 14.0. The lowest BCUT2D eigenvalue weighted by atomic mass is 9.90. The van der Waals surface area contributed by atoms with E-state index in [1.807, 2.05) is 41.5 Å². The van der Waals surface area contributed by atoms with Crippen LogP contribution in [0.4, 0.5) is 0 Å². The van der Waals surface area contributed by atoms with Gasteiger partial charge in [-0.25, -0.2) is 0 Å². The van der Waals surface area contributed by atoms with Crippen LogP contribution in [0.2, 0.25) is 0 Å². The Hall–Kier alpha value is -1.15. The predicted molar refractivity (Wildman–Crippen MR) is 118 cm³/mol. The van der Waals surface area contributed by atoms with Crippen LogP contribution in [-0.4, -0.2) is 41.4 Å². The Morgan fingerprint density at radius 3 is 1.53 bits per heavy atom. The molecule has 0 aromatic rings. The summed E-state index contributed by atoms with van der Waals surface area (Å²) < 4.78 is 44.7. The highest BCUT2D eigenvalue weighted by molar-refractivity contribution is 7.87. The van der Waals surface area contributed by atoms with Crippen molar-refractivity contribution in [1.82, 2.24) is 0 Å². The Morgan fingerprint density at radius 2 is 1.20 bits per heavy atom. The van der Waals surface area contributed by atoms with E-state index in [9.17, 15) is 22.6 Å². The SMILES string of the molecule is CCCCC(CC)(CC)OC(=O)CC(C(=O)OC(CC)(CC)CCCC)S(=O)(=O)O. The molecule has 0 fully saturated rings. The van der Waals surface area contributed by atoms with Gasteiger partial charge in [0.15, 0.2) is 5.25 Å². The summed E-state index contributed by atoms with van der Waals surface area (Å²) in [5.41, 5.74) is -1.50. The summed E-state index contributed by atoms with van der Waals surface area (Å²) in [4.78, 5) is 25.3. The van der Waals surface area contributed by atoms with Crippen LogP contribution < -0.4 is 0 Å². The number of carbonyl (C=O) groups excluding carboxylic acids is 2. The van der Waals surface area contributed by atoms with Gasteiger partial charge in [0.2, 0.25) is 0 Å². The summed E-state index contributed by atoms with van der Waals surface area (Å²) in [6.45, 7) is 11.6. The van der Waals surface area contributed by atoms with Crippen LogP contribution in [0.15, 0.2) is 0 Å². The molecule has 1 unspecified atom stereocenters. The Kier molecular flexibility index (Phi) is 12.8. The average molecular weight is 451 g/mol. The monoisotopic (exact) mass is 450 g/mol. The van der Waals surface area contributed by atoms with E-state index in [0.717, 1.165) is 25.7 Å². The third kappa shape index (κ3) is 8.92. The second-order valence-electron chi connectivity index (χ2n) is 8.09. The number of unbranched alkanes of at least 4 members (excludes halogenated alkanes) is 2. The number of carbonyl (C=O) groups is 2. The van der Waals surface area contributed by atoms with Gasteiger partial charge < -0.3 is 9.47 Å². The second-order valence-corrected chi connectivity index (χ2v) is 9.69. The molecule has 178 valence electrons. The fourth-order valence-electron chi connectivity index (χ4n) is 3.62. The average Bonchev–Trinajstić information content (AvgIpc) is 2.71. The number of hydrogen-bond acceptors (Lipinski definition) is 6. The molecular formula is C22H42O7S. The highest BCUT2D eigenvalue weighted by Gasteiger charge is 2.41. The van der Waals surface area contributed by atoms with E-state index < -0.39 is 44.9 Å². The quantitative estimate of drug-likeness (QED) is 0.254. The van der Waals surface area contributed by atoms with Crippen molar-refractivity contribution in [1.29, 1.82) is 0 Å². The summed E-state index contributed by atoms with van der Waals surface area (Å²) >= 11 is 0. The Morgan fingerprint density at radius 1 is 0.800 bits per heavy atom. The third-order valence-corrected chi connectivity index (χ3v) is 7.25. The Balaban J connectivity index is 5.51. The topological polar surface area (TPSA) is 107 Å². The van der Waals surface area contributed by atoms with Gasteiger partial charge in [-0.05, 0) is 51.4 Å². The molecule has 0 bridgehead atoms. The third-order valence-electron chi connectivity index (χ3n) is 6.17. The molecule has 0 aromatic carbocycles. The fraction of sp³-hybridized carbons (Fsp3) is 0.909. The van der Waals surface area contributed by atoms with Crippen LogP contribution in [0.3, 0.4) is 0 Å². The maximum absolute atomic E-state index is 12.7. The van der Waals surface area contributed by atoms with Crippen LogP contribution in [0.1, 0.15) is 112 Å². The zero-order chi connectivity index (χ0) is 23.4. The number of hydrogen-bond donors (Lipinski definition) is 1. The normalized spacial score (nSPS) is 13.7. The van der Waals surface area contributed by atoms with Gasteiger partial charge >= 0.3 is 11.9 Å². The smallest absolute Gasteiger partial charge is 0.328 e. The predicted octanol–water partition coefficient (Wildman–Crippen LogP) is 5.22. The van der Waals surface area contributed by atoms with E-state index in [0.29, 0.717) is 38.5 Å². The first kappa shape index (κ1) is 28.9. The molecule has 1 atom stereocenters. The minimum atomic E-state index is -4.83. The molecule has 0 amide bonds. The molecule has 0 aromatic heterocycles. The van der Waals surface area contributed by atoms with Gasteiger partial charge in [0, 0.05) is 0 Å². The van der Waals surface area contributed by atoms with Crippen LogP contribution in [0, 0.1) is 0 Å². The van der Waals surface area contributed by atoms with Crippen molar-refractivity contribution in [2.24, 2.45) is 0 Å².